The van der Waals surface area contributed by atoms with E-state index in [0.29, 0.717) is 17.9 Å². The van der Waals surface area contributed by atoms with Crippen LogP contribution in [0.4, 0.5) is 11.4 Å². The lowest BCUT2D eigenvalue weighted by Gasteiger charge is -2.29. The number of hydrogen-bond acceptors (Lipinski definition) is 8. The molecule has 1 aliphatic rings. The zero-order valence-electron chi connectivity index (χ0n) is 21.6. The van der Waals surface area contributed by atoms with Crippen LogP contribution < -0.4 is 20.1 Å². The molecule has 0 saturated heterocycles. The molecule has 2 N–H and O–H groups in total. The van der Waals surface area contributed by atoms with Gasteiger partial charge in [-0.3, -0.25) is 19.4 Å². The highest BCUT2D eigenvalue weighted by Gasteiger charge is 2.19. The second kappa shape index (κ2) is 11.7. The van der Waals surface area contributed by atoms with E-state index in [0.717, 1.165) is 55.5 Å². The zero-order chi connectivity index (χ0) is 26.3. The molecule has 0 radical (unpaired) electrons. The maximum atomic E-state index is 12.5. The average Bonchev–Trinajstić information content (AvgIpc) is 3.43. The zero-order valence-corrected chi connectivity index (χ0v) is 21.6. The molecule has 10 nitrogen and oxygen atoms in total. The Hall–Kier alpha value is -4.44. The molecule has 10 heteroatoms. The van der Waals surface area contributed by atoms with Crippen molar-refractivity contribution in [3.05, 3.63) is 89.5 Å². The maximum absolute atomic E-state index is 12.5. The van der Waals surface area contributed by atoms with Gasteiger partial charge in [0.25, 0.3) is 5.91 Å². The van der Waals surface area contributed by atoms with Crippen LogP contribution in [0.5, 0.6) is 11.5 Å². The molecule has 5 rings (SSSR count). The van der Waals surface area contributed by atoms with Crippen molar-refractivity contribution in [1.29, 1.82) is 0 Å². The van der Waals surface area contributed by atoms with E-state index in [2.05, 4.69) is 43.0 Å². The van der Waals surface area contributed by atoms with E-state index in [9.17, 15) is 4.79 Å². The Morgan fingerprint density at radius 3 is 2.50 bits per heavy atom. The number of ether oxygens (including phenoxy) is 2. The molecular weight excluding hydrogens is 482 g/mol. The summed E-state index contributed by atoms with van der Waals surface area (Å²) in [6, 6.07) is 17.0. The number of fused-ring (bicyclic) bond motifs is 1. The Balaban J connectivity index is 1.14. The number of pyridine rings is 1. The van der Waals surface area contributed by atoms with Crippen molar-refractivity contribution in [2.75, 3.05) is 37.9 Å². The summed E-state index contributed by atoms with van der Waals surface area (Å²) in [5, 5.41) is 14.9. The van der Waals surface area contributed by atoms with E-state index < -0.39 is 0 Å². The lowest BCUT2D eigenvalue weighted by molar-refractivity contribution is 0.102. The van der Waals surface area contributed by atoms with Crippen LogP contribution >= 0.6 is 0 Å². The van der Waals surface area contributed by atoms with Crippen molar-refractivity contribution in [3.63, 3.8) is 0 Å². The molecule has 1 amide bonds. The largest absolute Gasteiger partial charge is 0.493 e. The molecule has 2 aromatic carbocycles. The number of para-hydroxylation sites is 2. The third kappa shape index (κ3) is 5.92. The minimum Gasteiger partial charge on any atom is -0.493 e. The van der Waals surface area contributed by atoms with E-state index in [4.69, 9.17) is 9.47 Å². The van der Waals surface area contributed by atoms with Crippen LogP contribution in [-0.2, 0) is 26.1 Å². The number of methoxy groups -OCH3 is 2. The molecule has 0 bridgehead atoms. The summed E-state index contributed by atoms with van der Waals surface area (Å²) in [4.78, 5) is 19.1. The predicted octanol–water partition coefficient (Wildman–Crippen LogP) is 3.61. The van der Waals surface area contributed by atoms with Crippen molar-refractivity contribution in [1.82, 2.24) is 24.9 Å². The fraction of sp³-hybridized carbons (Fsp3) is 0.286. The van der Waals surface area contributed by atoms with Gasteiger partial charge < -0.3 is 20.1 Å². The summed E-state index contributed by atoms with van der Waals surface area (Å²) < 4.78 is 12.8. The first-order valence-corrected chi connectivity index (χ1v) is 12.5. The van der Waals surface area contributed by atoms with Crippen molar-refractivity contribution >= 4 is 17.3 Å². The number of amides is 1. The van der Waals surface area contributed by atoms with Gasteiger partial charge in [0.15, 0.2) is 11.5 Å². The third-order valence-corrected chi connectivity index (χ3v) is 6.56. The fourth-order valence-corrected chi connectivity index (χ4v) is 4.52. The van der Waals surface area contributed by atoms with Gasteiger partial charge in [-0.2, -0.15) is 0 Å². The first-order valence-electron chi connectivity index (χ1n) is 12.5. The molecular formula is C28H31N7O3. The van der Waals surface area contributed by atoms with Crippen molar-refractivity contribution < 1.29 is 14.3 Å². The third-order valence-electron chi connectivity index (χ3n) is 6.56. The second-order valence-electron chi connectivity index (χ2n) is 9.04. The summed E-state index contributed by atoms with van der Waals surface area (Å²) in [7, 11) is 3.33. The van der Waals surface area contributed by atoms with Gasteiger partial charge >= 0.3 is 0 Å². The molecule has 196 valence electrons. The standard InChI is InChI=1S/C28H31N7O3/c1-37-26-15-20-10-12-34(18-21(20)16-27(26)38-2)13-14-35-19-22(32-33-35)17-30-23-7-3-4-8-24(23)31-28(36)25-9-5-6-11-29-25/h3-9,11,15-16,19,30H,10,12-14,17-18H2,1-2H3,(H,31,36). The average molecular weight is 514 g/mol. The van der Waals surface area contributed by atoms with Gasteiger partial charge in [-0.15, -0.1) is 5.10 Å². The van der Waals surface area contributed by atoms with E-state index in [1.807, 2.05) is 35.1 Å². The van der Waals surface area contributed by atoms with Crippen LogP contribution in [0, 0.1) is 0 Å². The Kier molecular flexibility index (Phi) is 7.79. The van der Waals surface area contributed by atoms with Gasteiger partial charge in [-0.1, -0.05) is 23.4 Å². The van der Waals surface area contributed by atoms with Crippen LogP contribution in [0.25, 0.3) is 0 Å². The van der Waals surface area contributed by atoms with Gasteiger partial charge in [0.05, 0.1) is 44.9 Å². The molecule has 1 aliphatic heterocycles. The van der Waals surface area contributed by atoms with Crippen molar-refractivity contribution in [2.24, 2.45) is 0 Å². The summed E-state index contributed by atoms with van der Waals surface area (Å²) >= 11 is 0. The first-order chi connectivity index (χ1) is 18.6. The molecule has 0 aliphatic carbocycles. The van der Waals surface area contributed by atoms with Crippen LogP contribution in [0.1, 0.15) is 27.3 Å². The van der Waals surface area contributed by atoms with E-state index >= 15 is 0 Å². The number of benzene rings is 2. The van der Waals surface area contributed by atoms with Crippen molar-refractivity contribution in [3.8, 4) is 11.5 Å². The smallest absolute Gasteiger partial charge is 0.274 e. The summed E-state index contributed by atoms with van der Waals surface area (Å²) in [6.07, 6.45) is 4.52. The number of carbonyl (C=O) groups is 1. The summed E-state index contributed by atoms with van der Waals surface area (Å²) in [5.41, 5.74) is 5.23. The van der Waals surface area contributed by atoms with Crippen LogP contribution in [0.3, 0.4) is 0 Å². The summed E-state index contributed by atoms with van der Waals surface area (Å²) in [5.74, 6) is 1.28. The Morgan fingerprint density at radius 1 is 0.974 bits per heavy atom. The highest BCUT2D eigenvalue weighted by Crippen LogP contribution is 2.33. The van der Waals surface area contributed by atoms with Crippen LogP contribution in [0.15, 0.2) is 67.0 Å². The van der Waals surface area contributed by atoms with Crippen LogP contribution in [0.2, 0.25) is 0 Å². The van der Waals surface area contributed by atoms with Gasteiger partial charge in [0.2, 0.25) is 0 Å². The fourth-order valence-electron chi connectivity index (χ4n) is 4.52. The Morgan fingerprint density at radius 2 is 1.74 bits per heavy atom. The molecule has 3 heterocycles. The number of nitrogens with one attached hydrogen (secondary N) is 2. The molecule has 0 atom stereocenters. The topological polar surface area (TPSA) is 106 Å². The molecule has 0 unspecified atom stereocenters. The van der Waals surface area contributed by atoms with E-state index in [1.165, 1.54) is 11.1 Å². The minimum atomic E-state index is -0.260. The number of carbonyl (C=O) groups excluding carboxylic acids is 1. The molecule has 0 fully saturated rings. The predicted molar refractivity (Wildman–Crippen MR) is 145 cm³/mol. The highest BCUT2D eigenvalue weighted by atomic mass is 16.5. The molecule has 38 heavy (non-hydrogen) atoms. The maximum Gasteiger partial charge on any atom is 0.274 e. The second-order valence-corrected chi connectivity index (χ2v) is 9.04. The number of nitrogens with zero attached hydrogens (tertiary/aromatic N) is 5. The lowest BCUT2D eigenvalue weighted by Crippen LogP contribution is -2.33. The van der Waals surface area contributed by atoms with E-state index in [1.54, 1.807) is 38.6 Å². The van der Waals surface area contributed by atoms with Gasteiger partial charge in [0.1, 0.15) is 11.4 Å². The Bertz CT molecular complexity index is 1390. The lowest BCUT2D eigenvalue weighted by atomic mass is 9.99. The SMILES string of the molecule is COc1cc2c(cc1OC)CN(CCn1cc(CNc3ccccc3NC(=O)c3ccccn3)nn1)CC2. The number of hydrogen-bond donors (Lipinski definition) is 2. The summed E-state index contributed by atoms with van der Waals surface area (Å²) in [6.45, 7) is 3.93. The van der Waals surface area contributed by atoms with Gasteiger partial charge in [-0.25, -0.2) is 0 Å². The molecule has 4 aromatic rings. The molecule has 2 aromatic heterocycles. The number of anilines is 2. The van der Waals surface area contributed by atoms with E-state index in [-0.39, 0.29) is 5.91 Å². The normalized spacial score (nSPS) is 13.0. The van der Waals surface area contributed by atoms with Gasteiger partial charge in [-0.05, 0) is 53.9 Å². The quantitative estimate of drug-likeness (QED) is 0.331. The number of rotatable bonds is 10. The molecule has 0 spiro atoms. The number of aromatic nitrogens is 4. The van der Waals surface area contributed by atoms with Crippen molar-refractivity contribution in [2.45, 2.75) is 26.1 Å². The first kappa shape index (κ1) is 25.2. The molecule has 0 saturated carbocycles. The highest BCUT2D eigenvalue weighted by molar-refractivity contribution is 6.04. The monoisotopic (exact) mass is 513 g/mol. The minimum absolute atomic E-state index is 0.260. The van der Waals surface area contributed by atoms with Crippen LogP contribution in [-0.4, -0.2) is 58.1 Å². The Labute approximate surface area is 221 Å². The van der Waals surface area contributed by atoms with Gasteiger partial charge in [0, 0.05) is 25.8 Å².